The Bertz CT molecular complexity index is 1500. The molecular weight excluding hydrogens is 591 g/mol. The first-order valence-corrected chi connectivity index (χ1v) is 15.5. The zero-order valence-corrected chi connectivity index (χ0v) is 26.1. The summed E-state index contributed by atoms with van der Waals surface area (Å²) in [6.07, 6.45) is 3.59. The quantitative estimate of drug-likeness (QED) is 0.339. The Labute approximate surface area is 259 Å². The number of hydrogen-bond donors (Lipinski definition) is 1. The van der Waals surface area contributed by atoms with Crippen molar-refractivity contribution in [1.82, 2.24) is 35.1 Å². The Kier molecular flexibility index (Phi) is 8.07. The van der Waals surface area contributed by atoms with Crippen LogP contribution in [-0.4, -0.2) is 53.6 Å². The molecule has 0 unspecified atom stereocenters. The summed E-state index contributed by atoms with van der Waals surface area (Å²) in [6, 6.07) is 5.02. The molecule has 3 aromatic rings. The monoisotopic (exact) mass is 631 g/mol. The average Bonchev–Trinajstić information content (AvgIpc) is 3.63. The summed E-state index contributed by atoms with van der Waals surface area (Å²) in [5.41, 5.74) is -1.41. The SMILES string of the molecule is Cn1c(COc2cccc(C(F)(F)F)c2)nnc1C1CCC(n2cc(C34CCC(OC(=O)NC(C)(C)C)(CC3)CO4)nn2)CC1. The van der Waals surface area contributed by atoms with E-state index >= 15 is 0 Å². The highest BCUT2D eigenvalue weighted by atomic mass is 19.4. The minimum Gasteiger partial charge on any atom is -0.486 e. The summed E-state index contributed by atoms with van der Waals surface area (Å²) >= 11 is 0. The molecule has 0 radical (unpaired) electrons. The predicted octanol–water partition coefficient (Wildman–Crippen LogP) is 5.97. The molecule has 0 atom stereocenters. The molecule has 4 heterocycles. The Balaban J connectivity index is 1.02. The second kappa shape index (κ2) is 11.6. The van der Waals surface area contributed by atoms with Gasteiger partial charge in [-0.05, 0) is 90.3 Å². The van der Waals surface area contributed by atoms with Gasteiger partial charge in [0.05, 0.1) is 24.4 Å². The molecule has 2 saturated carbocycles. The van der Waals surface area contributed by atoms with Gasteiger partial charge in [0.2, 0.25) is 0 Å². The molecule has 244 valence electrons. The molecule has 4 fully saturated rings. The molecule has 11 nitrogen and oxygen atoms in total. The third kappa shape index (κ3) is 6.66. The van der Waals surface area contributed by atoms with Crippen molar-refractivity contribution in [2.45, 2.75) is 114 Å². The van der Waals surface area contributed by atoms with Gasteiger partial charge < -0.3 is 24.1 Å². The van der Waals surface area contributed by atoms with Gasteiger partial charge in [0.25, 0.3) is 0 Å². The van der Waals surface area contributed by atoms with Crippen LogP contribution < -0.4 is 10.1 Å². The maximum atomic E-state index is 13.0. The van der Waals surface area contributed by atoms with Gasteiger partial charge >= 0.3 is 12.3 Å². The van der Waals surface area contributed by atoms with E-state index in [4.69, 9.17) is 14.2 Å². The number of fused-ring (bicyclic) bond motifs is 3. The van der Waals surface area contributed by atoms with E-state index in [2.05, 4.69) is 25.8 Å². The van der Waals surface area contributed by atoms with Gasteiger partial charge in [0.15, 0.2) is 5.82 Å². The van der Waals surface area contributed by atoms with Crippen molar-refractivity contribution in [3.8, 4) is 5.75 Å². The lowest BCUT2D eigenvalue weighted by atomic mass is 9.71. The largest absolute Gasteiger partial charge is 0.486 e. The van der Waals surface area contributed by atoms with Crippen LogP contribution in [-0.2, 0) is 34.9 Å². The highest BCUT2D eigenvalue weighted by Crippen LogP contribution is 2.50. The molecule has 4 aliphatic rings. The second-order valence-electron chi connectivity index (χ2n) is 13.7. The number of alkyl carbamates (subject to hydrolysis) is 1. The zero-order chi connectivity index (χ0) is 32.0. The van der Waals surface area contributed by atoms with Gasteiger partial charge in [0.1, 0.15) is 35.1 Å². The fraction of sp³-hybridized carbons (Fsp3) is 0.645. The first-order chi connectivity index (χ1) is 21.2. The summed E-state index contributed by atoms with van der Waals surface area (Å²) in [6.45, 7) is 6.12. The molecule has 7 rings (SSSR count). The third-order valence-corrected chi connectivity index (χ3v) is 9.31. The fourth-order valence-corrected chi connectivity index (χ4v) is 6.69. The van der Waals surface area contributed by atoms with Crippen molar-refractivity contribution < 1.29 is 32.2 Å². The van der Waals surface area contributed by atoms with E-state index in [0.717, 1.165) is 49.3 Å². The van der Waals surface area contributed by atoms with Crippen molar-refractivity contribution in [3.05, 3.63) is 53.4 Å². The van der Waals surface area contributed by atoms with Crippen LogP contribution in [0.1, 0.15) is 107 Å². The van der Waals surface area contributed by atoms with Crippen LogP contribution in [0.3, 0.4) is 0 Å². The number of amides is 1. The van der Waals surface area contributed by atoms with Gasteiger partial charge in [0, 0.05) is 18.5 Å². The molecule has 2 bridgehead atoms. The number of hydrogen-bond acceptors (Lipinski definition) is 8. The predicted molar refractivity (Wildman–Crippen MR) is 155 cm³/mol. The number of halogens is 3. The molecule has 1 amide bonds. The highest BCUT2D eigenvalue weighted by molar-refractivity contribution is 5.68. The lowest BCUT2D eigenvalue weighted by Gasteiger charge is -2.51. The Morgan fingerprint density at radius 2 is 1.80 bits per heavy atom. The lowest BCUT2D eigenvalue weighted by molar-refractivity contribution is -0.222. The molecule has 2 aliphatic heterocycles. The molecular formula is C31H40F3N7O4. The number of rotatable bonds is 7. The molecule has 2 aromatic heterocycles. The van der Waals surface area contributed by atoms with Gasteiger partial charge in [-0.3, -0.25) is 0 Å². The molecule has 1 N–H and O–H groups in total. The zero-order valence-electron chi connectivity index (χ0n) is 26.1. The van der Waals surface area contributed by atoms with E-state index < -0.39 is 29.0 Å². The van der Waals surface area contributed by atoms with Crippen LogP contribution in [0.25, 0.3) is 0 Å². The molecule has 45 heavy (non-hydrogen) atoms. The van der Waals surface area contributed by atoms with Crippen LogP contribution in [0.2, 0.25) is 0 Å². The Morgan fingerprint density at radius 1 is 1.07 bits per heavy atom. The van der Waals surface area contributed by atoms with E-state index in [-0.39, 0.29) is 29.9 Å². The van der Waals surface area contributed by atoms with E-state index in [1.165, 1.54) is 12.1 Å². The van der Waals surface area contributed by atoms with E-state index in [9.17, 15) is 18.0 Å². The number of benzene rings is 1. The minimum atomic E-state index is -4.43. The van der Waals surface area contributed by atoms with Crippen molar-refractivity contribution in [1.29, 1.82) is 0 Å². The van der Waals surface area contributed by atoms with Gasteiger partial charge in [-0.1, -0.05) is 11.3 Å². The molecule has 14 heteroatoms. The minimum absolute atomic E-state index is 0.0169. The summed E-state index contributed by atoms with van der Waals surface area (Å²) in [4.78, 5) is 12.4. The summed E-state index contributed by atoms with van der Waals surface area (Å²) in [5, 5.41) is 20.6. The van der Waals surface area contributed by atoms with Crippen LogP contribution in [0.15, 0.2) is 30.5 Å². The van der Waals surface area contributed by atoms with Gasteiger partial charge in [-0.25, -0.2) is 9.48 Å². The summed E-state index contributed by atoms with van der Waals surface area (Å²) in [7, 11) is 1.86. The molecule has 2 saturated heterocycles. The van der Waals surface area contributed by atoms with Crippen molar-refractivity contribution in [2.24, 2.45) is 7.05 Å². The number of aromatic nitrogens is 6. The Hall–Kier alpha value is -3.68. The normalized spacial score (nSPS) is 26.9. The molecule has 2 aliphatic carbocycles. The average molecular weight is 632 g/mol. The smallest absolute Gasteiger partial charge is 0.416 e. The maximum absolute atomic E-state index is 13.0. The van der Waals surface area contributed by atoms with Crippen molar-refractivity contribution in [2.75, 3.05) is 6.61 Å². The molecule has 0 spiro atoms. The number of nitrogens with one attached hydrogen (secondary N) is 1. The van der Waals surface area contributed by atoms with Gasteiger partial charge in [-0.15, -0.1) is 15.3 Å². The van der Waals surface area contributed by atoms with Crippen LogP contribution in [0.4, 0.5) is 18.0 Å². The van der Waals surface area contributed by atoms with Gasteiger partial charge in [-0.2, -0.15) is 13.2 Å². The fourth-order valence-electron chi connectivity index (χ4n) is 6.69. The summed E-state index contributed by atoms with van der Waals surface area (Å²) < 4.78 is 60.8. The first kappa shape index (κ1) is 31.3. The van der Waals surface area contributed by atoms with E-state index in [0.29, 0.717) is 38.1 Å². The second-order valence-corrected chi connectivity index (χ2v) is 13.7. The van der Waals surface area contributed by atoms with Crippen molar-refractivity contribution >= 4 is 6.09 Å². The van der Waals surface area contributed by atoms with Crippen LogP contribution >= 0.6 is 0 Å². The number of carbonyl (C=O) groups excluding carboxylic acids is 1. The van der Waals surface area contributed by atoms with Crippen molar-refractivity contribution in [3.63, 3.8) is 0 Å². The lowest BCUT2D eigenvalue weighted by Crippen LogP contribution is -2.57. The maximum Gasteiger partial charge on any atom is 0.416 e. The van der Waals surface area contributed by atoms with E-state index in [1.807, 2.05) is 43.3 Å². The Morgan fingerprint density at radius 3 is 2.44 bits per heavy atom. The number of carbonyl (C=O) groups is 1. The van der Waals surface area contributed by atoms with Crippen LogP contribution in [0.5, 0.6) is 5.75 Å². The summed E-state index contributed by atoms with van der Waals surface area (Å²) in [5.74, 6) is 1.72. The van der Waals surface area contributed by atoms with Crippen LogP contribution in [0, 0.1) is 0 Å². The number of ether oxygens (including phenoxy) is 3. The number of alkyl halides is 3. The standard InChI is InChI=1S/C31H40F3N7O4/c1-28(2,3)35-27(42)45-29-12-14-30(15-13-29,44-19-29)24-17-41(39-36-24)22-10-8-20(9-11-22)26-38-37-25(40(26)4)18-43-23-7-5-6-21(16-23)31(32,33)34/h5-7,16-17,20,22H,8-15,18-19H2,1-4H3,(H,35,42). The third-order valence-electron chi connectivity index (χ3n) is 9.31. The topological polar surface area (TPSA) is 118 Å². The first-order valence-electron chi connectivity index (χ1n) is 15.5. The number of nitrogens with zero attached hydrogens (tertiary/aromatic N) is 6. The molecule has 1 aromatic carbocycles. The van der Waals surface area contributed by atoms with E-state index in [1.54, 1.807) is 0 Å². The highest BCUT2D eigenvalue weighted by Gasteiger charge is 2.54.